The second kappa shape index (κ2) is 11.9. The van der Waals surface area contributed by atoms with Gasteiger partial charge in [-0.15, -0.1) is 10.2 Å². The Morgan fingerprint density at radius 3 is 2.27 bits per heavy atom. The van der Waals surface area contributed by atoms with E-state index in [9.17, 15) is 26.6 Å². The Hall–Kier alpha value is -2.07. The Morgan fingerprint density at radius 1 is 1.17 bits per heavy atom. The van der Waals surface area contributed by atoms with Crippen LogP contribution in [0.2, 0.25) is 10.0 Å². The molecule has 1 saturated heterocycles. The van der Waals surface area contributed by atoms with E-state index in [4.69, 9.17) is 32.7 Å². The van der Waals surface area contributed by atoms with Crippen LogP contribution in [-0.2, 0) is 10.1 Å². The number of hydrogen-bond acceptors (Lipinski definition) is 6. The van der Waals surface area contributed by atoms with Gasteiger partial charge in [-0.1, -0.05) is 44.0 Å². The standard InChI is InChI=1S/C24H29Cl2F5N4O4S2/c1-23(2,3)40(4,5)35(41(32,37)34-7-6-8-34)21(36)15-10-16(25)19(11-18(15)27)39-14-9-17(26)20(33-12-14)38-13-24(30,31)22(28)29/h9-12,22,32H,6-8,13H2,1-5H3. The summed E-state index contributed by atoms with van der Waals surface area (Å²) >= 11 is 12.2. The molecule has 1 amide bonds. The van der Waals surface area contributed by atoms with Gasteiger partial charge in [-0.2, -0.15) is 12.5 Å². The minimum atomic E-state index is -4.42. The smallest absolute Gasteiger partial charge is 0.340 e. The molecule has 1 unspecified atom stereocenters. The maximum Gasteiger partial charge on any atom is 0.340 e. The molecule has 0 bridgehead atoms. The first-order valence-corrected chi connectivity index (χ1v) is 16.6. The first kappa shape index (κ1) is 33.4. The number of carbonyl (C=O) groups is 1. The van der Waals surface area contributed by atoms with Gasteiger partial charge in [0, 0.05) is 30.0 Å². The third-order valence-electron chi connectivity index (χ3n) is 6.45. The largest absolute Gasteiger partial charge is 0.470 e. The van der Waals surface area contributed by atoms with Crippen molar-refractivity contribution in [3.8, 4) is 17.4 Å². The normalized spacial score (nSPS) is 16.6. The molecule has 1 aliphatic heterocycles. The summed E-state index contributed by atoms with van der Waals surface area (Å²) in [4.78, 5) is 17.4. The fourth-order valence-corrected chi connectivity index (χ4v) is 8.94. The summed E-state index contributed by atoms with van der Waals surface area (Å²) in [5.41, 5.74) is -0.521. The third-order valence-corrected chi connectivity index (χ3v) is 14.4. The zero-order valence-electron chi connectivity index (χ0n) is 22.7. The van der Waals surface area contributed by atoms with Gasteiger partial charge >= 0.3 is 12.3 Å². The average Bonchev–Trinajstić information content (AvgIpc) is 2.77. The van der Waals surface area contributed by atoms with Crippen LogP contribution in [0.3, 0.4) is 0 Å². The van der Waals surface area contributed by atoms with Gasteiger partial charge < -0.3 is 9.47 Å². The van der Waals surface area contributed by atoms with Gasteiger partial charge in [0.1, 0.15) is 22.3 Å². The molecule has 1 fully saturated rings. The molecule has 1 aromatic carbocycles. The van der Waals surface area contributed by atoms with E-state index in [0.717, 1.165) is 28.1 Å². The van der Waals surface area contributed by atoms with E-state index in [1.54, 1.807) is 12.5 Å². The quantitative estimate of drug-likeness (QED) is 0.267. The predicted octanol–water partition coefficient (Wildman–Crippen LogP) is 7.40. The first-order valence-electron chi connectivity index (χ1n) is 11.9. The van der Waals surface area contributed by atoms with E-state index in [2.05, 4.69) is 9.72 Å². The van der Waals surface area contributed by atoms with Gasteiger partial charge in [-0.05, 0) is 25.0 Å². The number of alkyl halides is 4. The fraction of sp³-hybridized carbons (Fsp3) is 0.500. The molecule has 2 aromatic rings. The molecular formula is C24H29Cl2F5N4O4S2. The lowest BCUT2D eigenvalue weighted by Crippen LogP contribution is -2.54. The number of nitrogens with zero attached hydrogens (tertiary/aromatic N) is 3. The topological polar surface area (TPSA) is 95.8 Å². The minimum absolute atomic E-state index is 0.143. The second-order valence-electron chi connectivity index (χ2n) is 10.4. The molecule has 1 aliphatic rings. The first-order chi connectivity index (χ1) is 18.7. The molecular weight excluding hydrogens is 638 g/mol. The molecule has 1 atom stereocenters. The summed E-state index contributed by atoms with van der Waals surface area (Å²) < 4.78 is 101. The predicted molar refractivity (Wildman–Crippen MR) is 150 cm³/mol. The van der Waals surface area contributed by atoms with Crippen LogP contribution in [0.4, 0.5) is 22.0 Å². The minimum Gasteiger partial charge on any atom is -0.470 e. The number of nitrogens with one attached hydrogen (secondary N) is 1. The Bertz CT molecular complexity index is 1420. The van der Waals surface area contributed by atoms with Crippen molar-refractivity contribution in [2.75, 3.05) is 32.2 Å². The van der Waals surface area contributed by atoms with Gasteiger partial charge in [-0.3, -0.25) is 4.79 Å². The van der Waals surface area contributed by atoms with Crippen LogP contribution in [0, 0.1) is 10.6 Å². The van der Waals surface area contributed by atoms with E-state index in [-0.39, 0.29) is 21.5 Å². The molecule has 0 aliphatic carbocycles. The number of amides is 1. The highest BCUT2D eigenvalue weighted by Crippen LogP contribution is 2.58. The van der Waals surface area contributed by atoms with Gasteiger partial charge in [0.25, 0.3) is 5.91 Å². The van der Waals surface area contributed by atoms with Crippen molar-refractivity contribution in [2.45, 2.75) is 44.3 Å². The van der Waals surface area contributed by atoms with E-state index in [1.807, 2.05) is 20.8 Å². The number of halogens is 7. The number of hydrogen-bond donors (Lipinski definition) is 1. The highest BCUT2D eigenvalue weighted by atomic mass is 35.5. The number of aromatic nitrogens is 1. The summed E-state index contributed by atoms with van der Waals surface area (Å²) in [7, 11) is -6.04. The lowest BCUT2D eigenvalue weighted by Gasteiger charge is -2.54. The van der Waals surface area contributed by atoms with Crippen molar-refractivity contribution in [2.24, 2.45) is 0 Å². The summed E-state index contributed by atoms with van der Waals surface area (Å²) in [6, 6.07) is 2.85. The summed E-state index contributed by atoms with van der Waals surface area (Å²) in [6.45, 7) is 4.57. The Labute approximate surface area is 246 Å². The Balaban J connectivity index is 1.91. The van der Waals surface area contributed by atoms with Crippen molar-refractivity contribution in [3.63, 3.8) is 0 Å². The molecule has 0 spiro atoms. The van der Waals surface area contributed by atoms with Crippen molar-refractivity contribution in [1.29, 1.82) is 4.78 Å². The number of rotatable bonds is 10. The fourth-order valence-electron chi connectivity index (χ4n) is 3.25. The second-order valence-corrected chi connectivity index (χ2v) is 17.5. The molecule has 3 rings (SSSR count). The van der Waals surface area contributed by atoms with Crippen molar-refractivity contribution in [3.05, 3.63) is 45.8 Å². The molecule has 1 N–H and O–H groups in total. The Kier molecular flexibility index (Phi) is 9.70. The van der Waals surface area contributed by atoms with Crippen molar-refractivity contribution in [1.82, 2.24) is 13.0 Å². The van der Waals surface area contributed by atoms with Gasteiger partial charge in [-0.25, -0.2) is 31.4 Å². The molecule has 2 heterocycles. The average molecular weight is 668 g/mol. The molecule has 0 saturated carbocycles. The van der Waals surface area contributed by atoms with E-state index >= 15 is 4.39 Å². The number of pyridine rings is 1. The lowest BCUT2D eigenvalue weighted by atomic mass is 10.2. The zero-order chi connectivity index (χ0) is 31.1. The highest BCUT2D eigenvalue weighted by Gasteiger charge is 2.46. The van der Waals surface area contributed by atoms with Crippen LogP contribution in [-0.4, -0.2) is 72.4 Å². The molecule has 8 nitrogen and oxygen atoms in total. The van der Waals surface area contributed by atoms with Gasteiger partial charge in [0.05, 0.1) is 16.8 Å². The maximum absolute atomic E-state index is 15.4. The zero-order valence-corrected chi connectivity index (χ0v) is 25.8. The van der Waals surface area contributed by atoms with E-state index in [0.29, 0.717) is 19.5 Å². The van der Waals surface area contributed by atoms with Gasteiger partial charge in [0.2, 0.25) is 16.0 Å². The highest BCUT2D eigenvalue weighted by molar-refractivity contribution is 8.36. The lowest BCUT2D eigenvalue weighted by molar-refractivity contribution is -0.148. The SMILES string of the molecule is CC(C)(C)S(C)(C)N(C(=O)c1cc(Cl)c(Oc2cnc(OCC(F)(F)C(F)F)c(Cl)c2)cc1F)S(=N)(=O)N1CCC1. The third kappa shape index (κ3) is 6.95. The monoisotopic (exact) mass is 666 g/mol. The number of ether oxygens (including phenoxy) is 2. The molecule has 230 valence electrons. The molecule has 41 heavy (non-hydrogen) atoms. The van der Waals surface area contributed by atoms with Crippen LogP contribution < -0.4 is 9.47 Å². The van der Waals surface area contributed by atoms with E-state index in [1.165, 1.54) is 4.31 Å². The van der Waals surface area contributed by atoms with Gasteiger partial charge in [0.15, 0.2) is 6.61 Å². The number of carbonyl (C=O) groups excluding carboxylic acids is 1. The van der Waals surface area contributed by atoms with Crippen LogP contribution in [0.25, 0.3) is 0 Å². The van der Waals surface area contributed by atoms with Crippen LogP contribution >= 0.6 is 33.4 Å². The molecule has 1 aromatic heterocycles. The summed E-state index contributed by atoms with van der Waals surface area (Å²) in [5.74, 6) is -7.45. The van der Waals surface area contributed by atoms with Crippen LogP contribution in [0.1, 0.15) is 37.6 Å². The van der Waals surface area contributed by atoms with Crippen LogP contribution in [0.5, 0.6) is 17.4 Å². The Morgan fingerprint density at radius 2 is 1.78 bits per heavy atom. The molecule has 0 radical (unpaired) electrons. The number of benzene rings is 1. The van der Waals surface area contributed by atoms with Crippen LogP contribution in [0.15, 0.2) is 24.4 Å². The van der Waals surface area contributed by atoms with E-state index < -0.39 is 67.2 Å². The summed E-state index contributed by atoms with van der Waals surface area (Å²) in [6.07, 6.45) is 1.17. The molecule has 17 heteroatoms. The summed E-state index contributed by atoms with van der Waals surface area (Å²) in [5, 5.41) is -0.595. The maximum atomic E-state index is 15.4. The van der Waals surface area contributed by atoms with Crippen molar-refractivity contribution < 1.29 is 40.4 Å². The van der Waals surface area contributed by atoms with Crippen molar-refractivity contribution >= 4 is 49.4 Å².